The molecule has 0 unspecified atom stereocenters. The van der Waals surface area contributed by atoms with Crippen molar-refractivity contribution in [1.82, 2.24) is 15.2 Å². The highest BCUT2D eigenvalue weighted by Gasteiger charge is 2.36. The third-order valence-electron chi connectivity index (χ3n) is 4.53. The fourth-order valence-corrected chi connectivity index (χ4v) is 3.03. The molecule has 1 aliphatic heterocycles. The number of fused-ring (bicyclic) bond motifs is 1. The number of nitrogens with zero attached hydrogens (tertiary/aromatic N) is 2. The highest BCUT2D eigenvalue weighted by atomic mass is 16.2. The van der Waals surface area contributed by atoms with Crippen LogP contribution >= 0.6 is 0 Å². The summed E-state index contributed by atoms with van der Waals surface area (Å²) in [4.78, 5) is 41.9. The standard InChI is InChI=1S/C19H17N3O3/c23-17(21-9-12-7-14(10-20-8-12)13-5-6-13)11-22-18(24)15-3-1-2-4-16(15)19(22)25/h1-4,7-8,10,13H,5-6,9,11H2,(H,21,23). The van der Waals surface area contributed by atoms with E-state index in [0.29, 0.717) is 23.6 Å². The van der Waals surface area contributed by atoms with Crippen LogP contribution in [0, 0.1) is 0 Å². The smallest absolute Gasteiger partial charge is 0.262 e. The minimum atomic E-state index is -0.423. The van der Waals surface area contributed by atoms with E-state index in [1.807, 2.05) is 12.3 Å². The lowest BCUT2D eigenvalue weighted by Crippen LogP contribution is -2.40. The number of hydrogen-bond donors (Lipinski definition) is 1. The third-order valence-corrected chi connectivity index (χ3v) is 4.53. The summed E-state index contributed by atoms with van der Waals surface area (Å²) in [7, 11) is 0. The summed E-state index contributed by atoms with van der Waals surface area (Å²) >= 11 is 0. The van der Waals surface area contributed by atoms with Gasteiger partial charge in [0.15, 0.2) is 0 Å². The maximum absolute atomic E-state index is 12.3. The summed E-state index contributed by atoms with van der Waals surface area (Å²) in [5.41, 5.74) is 2.82. The van der Waals surface area contributed by atoms with E-state index in [1.165, 1.54) is 18.4 Å². The molecule has 126 valence electrons. The van der Waals surface area contributed by atoms with Crippen LogP contribution in [0.2, 0.25) is 0 Å². The Morgan fingerprint density at radius 3 is 2.44 bits per heavy atom. The van der Waals surface area contributed by atoms with Crippen molar-refractivity contribution in [2.24, 2.45) is 0 Å². The fourth-order valence-electron chi connectivity index (χ4n) is 3.03. The van der Waals surface area contributed by atoms with E-state index in [4.69, 9.17) is 0 Å². The van der Waals surface area contributed by atoms with E-state index < -0.39 is 11.8 Å². The average Bonchev–Trinajstić information content (AvgIpc) is 3.46. The Hall–Kier alpha value is -3.02. The van der Waals surface area contributed by atoms with Crippen LogP contribution in [0.15, 0.2) is 42.7 Å². The van der Waals surface area contributed by atoms with Crippen LogP contribution in [-0.4, -0.2) is 34.2 Å². The molecule has 0 bridgehead atoms. The van der Waals surface area contributed by atoms with Crippen molar-refractivity contribution in [2.45, 2.75) is 25.3 Å². The molecule has 4 rings (SSSR count). The molecule has 0 radical (unpaired) electrons. The van der Waals surface area contributed by atoms with Crippen molar-refractivity contribution in [3.8, 4) is 0 Å². The Balaban J connectivity index is 1.37. The van der Waals surface area contributed by atoms with Crippen LogP contribution in [0.4, 0.5) is 0 Å². The highest BCUT2D eigenvalue weighted by Crippen LogP contribution is 2.39. The molecule has 1 aromatic carbocycles. The number of aromatic nitrogens is 1. The zero-order valence-electron chi connectivity index (χ0n) is 13.6. The second kappa shape index (κ2) is 6.12. The SMILES string of the molecule is O=C(CN1C(=O)c2ccccc2C1=O)NCc1cncc(C2CC2)c1. The van der Waals surface area contributed by atoms with E-state index >= 15 is 0 Å². The number of rotatable bonds is 5. The summed E-state index contributed by atoms with van der Waals surface area (Å²) in [6.45, 7) is 0.0532. The number of carbonyl (C=O) groups is 3. The van der Waals surface area contributed by atoms with Gasteiger partial charge >= 0.3 is 0 Å². The number of hydrogen-bond acceptors (Lipinski definition) is 4. The molecular formula is C19H17N3O3. The first kappa shape index (κ1) is 15.5. The Kier molecular flexibility index (Phi) is 3.80. The van der Waals surface area contributed by atoms with E-state index in [0.717, 1.165) is 10.5 Å². The number of nitrogens with one attached hydrogen (secondary N) is 1. The van der Waals surface area contributed by atoms with Gasteiger partial charge in [0.1, 0.15) is 6.54 Å². The second-order valence-corrected chi connectivity index (χ2v) is 6.42. The van der Waals surface area contributed by atoms with Crippen LogP contribution in [0.5, 0.6) is 0 Å². The Labute approximate surface area is 144 Å². The number of amides is 3. The lowest BCUT2D eigenvalue weighted by molar-refractivity contribution is -0.121. The van der Waals surface area contributed by atoms with Crippen LogP contribution in [0.1, 0.15) is 50.6 Å². The molecule has 1 fully saturated rings. The van der Waals surface area contributed by atoms with Gasteiger partial charge in [0.05, 0.1) is 11.1 Å². The summed E-state index contributed by atoms with van der Waals surface area (Å²) in [5.74, 6) is -0.617. The molecule has 0 saturated heterocycles. The first-order valence-electron chi connectivity index (χ1n) is 8.29. The average molecular weight is 335 g/mol. The van der Waals surface area contributed by atoms with Gasteiger partial charge in [-0.2, -0.15) is 0 Å². The van der Waals surface area contributed by atoms with Gasteiger partial charge in [-0.25, -0.2) is 0 Å². The van der Waals surface area contributed by atoms with Crippen LogP contribution in [-0.2, 0) is 11.3 Å². The molecule has 1 aliphatic carbocycles. The van der Waals surface area contributed by atoms with Crippen LogP contribution < -0.4 is 5.32 Å². The largest absolute Gasteiger partial charge is 0.350 e. The highest BCUT2D eigenvalue weighted by molar-refractivity contribution is 6.22. The Bertz CT molecular complexity index is 839. The molecule has 6 heteroatoms. The lowest BCUT2D eigenvalue weighted by Gasteiger charge is -2.13. The van der Waals surface area contributed by atoms with Crippen molar-refractivity contribution < 1.29 is 14.4 Å². The monoisotopic (exact) mass is 335 g/mol. The lowest BCUT2D eigenvalue weighted by atomic mass is 10.1. The zero-order valence-corrected chi connectivity index (χ0v) is 13.6. The topological polar surface area (TPSA) is 79.4 Å². The van der Waals surface area contributed by atoms with Crippen molar-refractivity contribution in [3.63, 3.8) is 0 Å². The fraction of sp³-hybridized carbons (Fsp3) is 0.263. The maximum Gasteiger partial charge on any atom is 0.262 e. The maximum atomic E-state index is 12.3. The summed E-state index contributed by atoms with van der Waals surface area (Å²) in [6, 6.07) is 8.65. The minimum absolute atomic E-state index is 0.276. The normalized spacial score (nSPS) is 16.1. The molecule has 1 N–H and O–H groups in total. The number of imide groups is 1. The Morgan fingerprint density at radius 1 is 1.12 bits per heavy atom. The molecule has 25 heavy (non-hydrogen) atoms. The molecule has 2 heterocycles. The summed E-state index contributed by atoms with van der Waals surface area (Å²) < 4.78 is 0. The van der Waals surface area contributed by atoms with Crippen molar-refractivity contribution >= 4 is 17.7 Å². The van der Waals surface area contributed by atoms with Crippen molar-refractivity contribution in [1.29, 1.82) is 0 Å². The second-order valence-electron chi connectivity index (χ2n) is 6.42. The number of carbonyl (C=O) groups excluding carboxylic acids is 3. The predicted octanol–water partition coefficient (Wildman–Crippen LogP) is 1.87. The summed E-state index contributed by atoms with van der Waals surface area (Å²) in [5, 5.41) is 2.76. The third kappa shape index (κ3) is 3.03. The van der Waals surface area contributed by atoms with Gasteiger partial charge in [-0.15, -0.1) is 0 Å². The number of benzene rings is 1. The van der Waals surface area contributed by atoms with Crippen molar-refractivity contribution in [3.05, 3.63) is 65.0 Å². The first-order valence-corrected chi connectivity index (χ1v) is 8.29. The molecule has 1 saturated carbocycles. The molecule has 0 atom stereocenters. The molecule has 1 aromatic heterocycles. The molecule has 2 aliphatic rings. The van der Waals surface area contributed by atoms with Crippen LogP contribution in [0.25, 0.3) is 0 Å². The quantitative estimate of drug-likeness (QED) is 0.846. The van der Waals surface area contributed by atoms with E-state index in [1.54, 1.807) is 30.5 Å². The van der Waals surface area contributed by atoms with Crippen LogP contribution in [0.3, 0.4) is 0 Å². The number of pyridine rings is 1. The van der Waals surface area contributed by atoms with Gasteiger partial charge in [0.25, 0.3) is 11.8 Å². The zero-order chi connectivity index (χ0) is 17.4. The van der Waals surface area contributed by atoms with Gasteiger partial charge in [-0.3, -0.25) is 24.3 Å². The van der Waals surface area contributed by atoms with Gasteiger partial charge in [-0.05, 0) is 42.0 Å². The summed E-state index contributed by atoms with van der Waals surface area (Å²) in [6.07, 6.45) is 5.96. The molecule has 0 spiro atoms. The van der Waals surface area contributed by atoms with Gasteiger partial charge in [0.2, 0.25) is 5.91 Å². The van der Waals surface area contributed by atoms with E-state index in [-0.39, 0.29) is 12.5 Å². The molecule has 2 aromatic rings. The van der Waals surface area contributed by atoms with Crippen molar-refractivity contribution in [2.75, 3.05) is 6.54 Å². The van der Waals surface area contributed by atoms with Gasteiger partial charge in [0, 0.05) is 18.9 Å². The van der Waals surface area contributed by atoms with E-state index in [2.05, 4.69) is 10.3 Å². The molecule has 3 amide bonds. The van der Waals surface area contributed by atoms with Gasteiger partial charge < -0.3 is 5.32 Å². The van der Waals surface area contributed by atoms with Gasteiger partial charge in [-0.1, -0.05) is 18.2 Å². The Morgan fingerprint density at radius 2 is 1.80 bits per heavy atom. The molecule has 6 nitrogen and oxygen atoms in total. The molecular weight excluding hydrogens is 318 g/mol. The first-order chi connectivity index (χ1) is 12.1. The van der Waals surface area contributed by atoms with E-state index in [9.17, 15) is 14.4 Å². The predicted molar refractivity (Wildman–Crippen MR) is 89.9 cm³/mol. The minimum Gasteiger partial charge on any atom is -0.350 e.